The maximum Gasteiger partial charge on any atom is 0.106 e. The van der Waals surface area contributed by atoms with Crippen molar-refractivity contribution in [2.75, 3.05) is 13.2 Å². The van der Waals surface area contributed by atoms with E-state index in [2.05, 4.69) is 9.97 Å². The van der Waals surface area contributed by atoms with Crippen LogP contribution in [0.3, 0.4) is 0 Å². The Morgan fingerprint density at radius 1 is 1.64 bits per heavy atom. The maximum absolute atomic E-state index is 5.19. The quantitative estimate of drug-likeness (QED) is 0.650. The summed E-state index contributed by atoms with van der Waals surface area (Å²) < 4.78 is 5.19. The van der Waals surface area contributed by atoms with Crippen molar-refractivity contribution in [2.24, 2.45) is 0 Å². The van der Waals surface area contributed by atoms with Gasteiger partial charge in [-0.05, 0) is 13.3 Å². The van der Waals surface area contributed by atoms with Crippen LogP contribution in [0.1, 0.15) is 19.2 Å². The number of nitrogens with one attached hydrogen (secondary N) is 1. The lowest BCUT2D eigenvalue weighted by Crippen LogP contribution is -1.96. The Hall–Kier alpha value is -0.830. The summed E-state index contributed by atoms with van der Waals surface area (Å²) in [5, 5.41) is 0. The molecule has 0 aromatic carbocycles. The molecule has 0 amide bonds. The van der Waals surface area contributed by atoms with Crippen molar-refractivity contribution in [3.8, 4) is 0 Å². The molecule has 0 aliphatic rings. The van der Waals surface area contributed by atoms with E-state index in [9.17, 15) is 0 Å². The molecular formula is C8H14N2O. The van der Waals surface area contributed by atoms with E-state index in [-0.39, 0.29) is 0 Å². The Bertz CT molecular complexity index is 172. The summed E-state index contributed by atoms with van der Waals surface area (Å²) in [5.74, 6) is 1.05. The van der Waals surface area contributed by atoms with Crippen LogP contribution in [0.5, 0.6) is 0 Å². The summed E-state index contributed by atoms with van der Waals surface area (Å²) in [5.41, 5.74) is 0. The Kier molecular flexibility index (Phi) is 3.69. The number of imidazole rings is 1. The maximum atomic E-state index is 5.19. The third-order valence-corrected chi connectivity index (χ3v) is 1.46. The third-order valence-electron chi connectivity index (χ3n) is 1.46. The number of aryl methyl sites for hydroxylation is 1. The van der Waals surface area contributed by atoms with Gasteiger partial charge >= 0.3 is 0 Å². The lowest BCUT2D eigenvalue weighted by Gasteiger charge is -1.97. The second-order valence-corrected chi connectivity index (χ2v) is 2.34. The van der Waals surface area contributed by atoms with Gasteiger partial charge in [0, 0.05) is 32.0 Å². The third kappa shape index (κ3) is 3.18. The van der Waals surface area contributed by atoms with E-state index in [4.69, 9.17) is 4.74 Å². The molecular weight excluding hydrogens is 140 g/mol. The number of ether oxygens (including phenoxy) is 1. The molecule has 1 aromatic rings. The Balaban J connectivity index is 2.04. The van der Waals surface area contributed by atoms with Crippen LogP contribution in [0.15, 0.2) is 12.4 Å². The van der Waals surface area contributed by atoms with Crippen molar-refractivity contribution < 1.29 is 4.74 Å². The van der Waals surface area contributed by atoms with Gasteiger partial charge in [-0.2, -0.15) is 0 Å². The first kappa shape index (κ1) is 8.27. The molecule has 0 spiro atoms. The summed E-state index contributed by atoms with van der Waals surface area (Å²) in [7, 11) is 0. The van der Waals surface area contributed by atoms with Crippen molar-refractivity contribution >= 4 is 0 Å². The first-order valence-electron chi connectivity index (χ1n) is 3.99. The van der Waals surface area contributed by atoms with Gasteiger partial charge in [0.05, 0.1) is 0 Å². The normalized spacial score (nSPS) is 10.3. The average Bonchev–Trinajstić information content (AvgIpc) is 2.50. The molecule has 0 fully saturated rings. The number of hydrogen-bond donors (Lipinski definition) is 1. The van der Waals surface area contributed by atoms with Crippen LogP contribution in [0.4, 0.5) is 0 Å². The minimum atomic E-state index is 0.804. The van der Waals surface area contributed by atoms with Crippen molar-refractivity contribution in [3.63, 3.8) is 0 Å². The highest BCUT2D eigenvalue weighted by atomic mass is 16.5. The van der Waals surface area contributed by atoms with Gasteiger partial charge in [-0.15, -0.1) is 0 Å². The molecule has 0 radical (unpaired) electrons. The van der Waals surface area contributed by atoms with Crippen LogP contribution in [0.25, 0.3) is 0 Å². The SMILES string of the molecule is CCOCCCc1ncc[nH]1. The van der Waals surface area contributed by atoms with Crippen LogP contribution in [-0.2, 0) is 11.2 Å². The van der Waals surface area contributed by atoms with Crippen molar-refractivity contribution in [3.05, 3.63) is 18.2 Å². The molecule has 3 heteroatoms. The lowest BCUT2D eigenvalue weighted by atomic mass is 10.3. The number of aromatic nitrogens is 2. The fourth-order valence-corrected chi connectivity index (χ4v) is 0.921. The topological polar surface area (TPSA) is 37.9 Å². The van der Waals surface area contributed by atoms with Crippen LogP contribution in [0, 0.1) is 0 Å². The van der Waals surface area contributed by atoms with Crippen LogP contribution >= 0.6 is 0 Å². The van der Waals surface area contributed by atoms with Gasteiger partial charge in [-0.25, -0.2) is 4.98 Å². The smallest absolute Gasteiger partial charge is 0.106 e. The van der Waals surface area contributed by atoms with Gasteiger partial charge in [-0.1, -0.05) is 0 Å². The standard InChI is InChI=1S/C8H14N2O/c1-2-11-7-3-4-8-9-5-6-10-8/h5-6H,2-4,7H2,1H3,(H,9,10). The molecule has 3 nitrogen and oxygen atoms in total. The Morgan fingerprint density at radius 2 is 2.55 bits per heavy atom. The van der Waals surface area contributed by atoms with E-state index < -0.39 is 0 Å². The summed E-state index contributed by atoms with van der Waals surface area (Å²) in [4.78, 5) is 7.15. The van der Waals surface area contributed by atoms with Crippen LogP contribution in [-0.4, -0.2) is 23.2 Å². The summed E-state index contributed by atoms with van der Waals surface area (Å²) in [6.07, 6.45) is 5.64. The molecule has 1 N–H and O–H groups in total. The van der Waals surface area contributed by atoms with Crippen molar-refractivity contribution in [2.45, 2.75) is 19.8 Å². The molecule has 1 heterocycles. The number of aromatic amines is 1. The van der Waals surface area contributed by atoms with E-state index in [1.807, 2.05) is 13.1 Å². The predicted octanol–water partition coefficient (Wildman–Crippen LogP) is 1.38. The molecule has 0 saturated heterocycles. The highest BCUT2D eigenvalue weighted by molar-refractivity contribution is 4.86. The Labute approximate surface area is 66.8 Å². The number of nitrogens with zero attached hydrogens (tertiary/aromatic N) is 1. The highest BCUT2D eigenvalue weighted by Gasteiger charge is 1.92. The second-order valence-electron chi connectivity index (χ2n) is 2.34. The highest BCUT2D eigenvalue weighted by Crippen LogP contribution is 1.94. The van der Waals surface area contributed by atoms with Crippen LogP contribution in [0.2, 0.25) is 0 Å². The fraction of sp³-hybridized carbons (Fsp3) is 0.625. The first-order chi connectivity index (χ1) is 5.43. The van der Waals surface area contributed by atoms with Gasteiger partial charge in [0.25, 0.3) is 0 Å². The minimum Gasteiger partial charge on any atom is -0.382 e. The summed E-state index contributed by atoms with van der Waals surface area (Å²) in [6, 6.07) is 0. The van der Waals surface area contributed by atoms with Crippen molar-refractivity contribution in [1.82, 2.24) is 9.97 Å². The van der Waals surface area contributed by atoms with Crippen molar-refractivity contribution in [1.29, 1.82) is 0 Å². The van der Waals surface area contributed by atoms with E-state index in [0.717, 1.165) is 31.9 Å². The number of H-pyrrole nitrogens is 1. The van der Waals surface area contributed by atoms with Gasteiger partial charge in [0.15, 0.2) is 0 Å². The van der Waals surface area contributed by atoms with Gasteiger partial charge in [0.1, 0.15) is 5.82 Å². The predicted molar refractivity (Wildman–Crippen MR) is 43.4 cm³/mol. The molecule has 1 rings (SSSR count). The lowest BCUT2D eigenvalue weighted by molar-refractivity contribution is 0.145. The van der Waals surface area contributed by atoms with Gasteiger partial charge < -0.3 is 9.72 Å². The molecule has 0 aliphatic carbocycles. The Morgan fingerprint density at radius 3 is 3.18 bits per heavy atom. The molecule has 0 aliphatic heterocycles. The minimum absolute atomic E-state index is 0.804. The largest absolute Gasteiger partial charge is 0.382 e. The molecule has 1 aromatic heterocycles. The summed E-state index contributed by atoms with van der Waals surface area (Å²) in [6.45, 7) is 3.64. The van der Waals surface area contributed by atoms with E-state index in [0.29, 0.717) is 0 Å². The zero-order chi connectivity index (χ0) is 7.94. The molecule has 0 bridgehead atoms. The average molecular weight is 154 g/mol. The first-order valence-corrected chi connectivity index (χ1v) is 3.99. The fourth-order valence-electron chi connectivity index (χ4n) is 0.921. The van der Waals surface area contributed by atoms with Gasteiger partial charge in [-0.3, -0.25) is 0 Å². The zero-order valence-corrected chi connectivity index (χ0v) is 6.84. The molecule has 0 atom stereocenters. The number of rotatable bonds is 5. The molecule has 62 valence electrons. The van der Waals surface area contributed by atoms with Gasteiger partial charge in [0.2, 0.25) is 0 Å². The zero-order valence-electron chi connectivity index (χ0n) is 6.84. The van der Waals surface area contributed by atoms with E-state index >= 15 is 0 Å². The summed E-state index contributed by atoms with van der Waals surface area (Å²) >= 11 is 0. The van der Waals surface area contributed by atoms with E-state index in [1.165, 1.54) is 0 Å². The molecule has 0 unspecified atom stereocenters. The van der Waals surface area contributed by atoms with Crippen LogP contribution < -0.4 is 0 Å². The number of hydrogen-bond acceptors (Lipinski definition) is 2. The monoisotopic (exact) mass is 154 g/mol. The molecule has 11 heavy (non-hydrogen) atoms. The molecule has 0 saturated carbocycles. The second kappa shape index (κ2) is 4.91. The van der Waals surface area contributed by atoms with E-state index in [1.54, 1.807) is 6.20 Å².